The highest BCUT2D eigenvalue weighted by Crippen LogP contribution is 2.19. The summed E-state index contributed by atoms with van der Waals surface area (Å²) in [5.41, 5.74) is 0. The molecule has 22 heavy (non-hydrogen) atoms. The Hall–Kier alpha value is -2.07. The van der Waals surface area contributed by atoms with Crippen LogP contribution in [0.4, 0.5) is 5.13 Å². The molecule has 0 radical (unpaired) electrons. The van der Waals surface area contributed by atoms with Crippen LogP contribution in [0, 0.1) is 0 Å². The maximum Gasteiger partial charge on any atom is 0.246 e. The largest absolute Gasteiger partial charge is 0.465 e. The quantitative estimate of drug-likeness (QED) is 0.622. The molecule has 1 saturated heterocycles. The maximum atomic E-state index is 12.0. The van der Waals surface area contributed by atoms with Crippen molar-refractivity contribution in [3.63, 3.8) is 0 Å². The van der Waals surface area contributed by atoms with Crippen LogP contribution in [-0.4, -0.2) is 51.1 Å². The number of aliphatic hydroxyl groups is 2. The van der Waals surface area contributed by atoms with Crippen molar-refractivity contribution in [3.05, 3.63) is 29.2 Å². The fourth-order valence-electron chi connectivity index (χ4n) is 2.03. The van der Waals surface area contributed by atoms with Crippen molar-refractivity contribution in [1.29, 1.82) is 0 Å². The van der Waals surface area contributed by atoms with E-state index in [0.717, 1.165) is 0 Å². The van der Waals surface area contributed by atoms with E-state index in [9.17, 15) is 15.0 Å². The van der Waals surface area contributed by atoms with E-state index in [1.54, 1.807) is 30.5 Å². The molecule has 2 aromatic rings. The molecule has 0 unspecified atom stereocenters. The van der Waals surface area contributed by atoms with Crippen molar-refractivity contribution in [1.82, 2.24) is 15.5 Å². The maximum absolute atomic E-state index is 12.0. The van der Waals surface area contributed by atoms with E-state index < -0.39 is 24.2 Å². The van der Waals surface area contributed by atoms with Gasteiger partial charge in [0, 0.05) is 6.54 Å². The second kappa shape index (κ2) is 6.36. The van der Waals surface area contributed by atoms with Gasteiger partial charge in [-0.05, 0) is 24.3 Å². The van der Waals surface area contributed by atoms with E-state index >= 15 is 0 Å². The van der Waals surface area contributed by atoms with Gasteiger partial charge in [-0.1, -0.05) is 11.3 Å². The van der Waals surface area contributed by atoms with Crippen LogP contribution in [0.15, 0.2) is 22.8 Å². The number of anilines is 1. The van der Waals surface area contributed by atoms with Crippen molar-refractivity contribution in [2.45, 2.75) is 18.2 Å². The summed E-state index contributed by atoms with van der Waals surface area (Å²) in [6.07, 6.45) is 2.95. The van der Waals surface area contributed by atoms with Crippen LogP contribution >= 0.6 is 11.3 Å². The average Bonchev–Trinajstić information content (AvgIpc) is 3.21. The van der Waals surface area contributed by atoms with Crippen LogP contribution in [0.3, 0.4) is 0 Å². The molecule has 1 fully saturated rings. The highest BCUT2D eigenvalue weighted by atomic mass is 32.1. The summed E-state index contributed by atoms with van der Waals surface area (Å²) >= 11 is 1.19. The summed E-state index contributed by atoms with van der Waals surface area (Å²) in [7, 11) is 0. The zero-order chi connectivity index (χ0) is 15.5. The Kier molecular flexibility index (Phi) is 4.29. The molecular formula is C13H14N4O4S. The number of hydrogen-bond acceptors (Lipinski definition) is 8. The lowest BCUT2D eigenvalue weighted by Gasteiger charge is -2.14. The normalized spacial score (nSPS) is 24.9. The van der Waals surface area contributed by atoms with Crippen LogP contribution in [0.1, 0.15) is 10.8 Å². The number of aliphatic hydroxyl groups excluding tert-OH is 2. The molecule has 8 nitrogen and oxygen atoms in total. The smallest absolute Gasteiger partial charge is 0.246 e. The van der Waals surface area contributed by atoms with Crippen LogP contribution in [0.25, 0.3) is 12.2 Å². The third-order valence-corrected chi connectivity index (χ3v) is 3.97. The minimum absolute atomic E-state index is 0.173. The number of aromatic nitrogens is 2. The Labute approximate surface area is 129 Å². The van der Waals surface area contributed by atoms with Gasteiger partial charge in [-0.25, -0.2) is 0 Å². The van der Waals surface area contributed by atoms with Crippen molar-refractivity contribution >= 4 is 34.5 Å². The van der Waals surface area contributed by atoms with E-state index in [4.69, 9.17) is 4.42 Å². The molecule has 9 heteroatoms. The summed E-state index contributed by atoms with van der Waals surface area (Å²) in [5.74, 6) is 0.231. The molecule has 0 saturated carbocycles. The number of amides is 1. The predicted molar refractivity (Wildman–Crippen MR) is 80.0 cm³/mol. The summed E-state index contributed by atoms with van der Waals surface area (Å²) in [6.45, 7) is 0.173. The number of nitrogens with zero attached hydrogens (tertiary/aromatic N) is 2. The Balaban J connectivity index is 1.61. The van der Waals surface area contributed by atoms with E-state index in [1.165, 1.54) is 11.3 Å². The molecule has 0 bridgehead atoms. The Morgan fingerprint density at radius 3 is 3.00 bits per heavy atom. The van der Waals surface area contributed by atoms with Crippen molar-refractivity contribution in [2.75, 3.05) is 11.9 Å². The molecule has 3 rings (SSSR count). The lowest BCUT2D eigenvalue weighted by Crippen LogP contribution is -2.43. The van der Waals surface area contributed by atoms with Gasteiger partial charge < -0.3 is 19.9 Å². The van der Waals surface area contributed by atoms with Crippen molar-refractivity contribution in [3.8, 4) is 0 Å². The minimum atomic E-state index is -1.13. The summed E-state index contributed by atoms with van der Waals surface area (Å²) in [5, 5.41) is 33.1. The molecule has 3 atom stereocenters. The topological polar surface area (TPSA) is 121 Å². The monoisotopic (exact) mass is 322 g/mol. The highest BCUT2D eigenvalue weighted by Gasteiger charge is 2.38. The molecular weight excluding hydrogens is 308 g/mol. The van der Waals surface area contributed by atoms with Gasteiger partial charge >= 0.3 is 0 Å². The number of furan rings is 1. The fourth-order valence-corrected chi connectivity index (χ4v) is 2.68. The first-order valence-corrected chi connectivity index (χ1v) is 7.40. The molecule has 0 aliphatic carbocycles. The molecule has 116 valence electrons. The molecule has 0 spiro atoms. The summed E-state index contributed by atoms with van der Waals surface area (Å²) in [6, 6.07) is 2.72. The van der Waals surface area contributed by atoms with Crippen LogP contribution in [-0.2, 0) is 4.79 Å². The first-order chi connectivity index (χ1) is 10.6. The van der Waals surface area contributed by atoms with Crippen molar-refractivity contribution < 1.29 is 19.4 Å². The van der Waals surface area contributed by atoms with Crippen LogP contribution < -0.4 is 10.6 Å². The second-order valence-corrected chi connectivity index (χ2v) is 5.74. The molecule has 0 aromatic carbocycles. The van der Waals surface area contributed by atoms with E-state index in [-0.39, 0.29) is 6.54 Å². The molecule has 1 aliphatic heterocycles. The number of carbonyl (C=O) groups excluding carboxylic acids is 1. The minimum Gasteiger partial charge on any atom is -0.465 e. The Bertz CT molecular complexity index is 669. The van der Waals surface area contributed by atoms with Gasteiger partial charge in [-0.15, -0.1) is 10.2 Å². The Morgan fingerprint density at radius 2 is 2.32 bits per heavy atom. The number of β-amino-alcohol motifs (C(OH)–C–C–N with tert-alkyl or cyclic N) is 1. The van der Waals surface area contributed by atoms with Crippen molar-refractivity contribution in [2.24, 2.45) is 0 Å². The first kappa shape index (κ1) is 14.9. The van der Waals surface area contributed by atoms with Gasteiger partial charge in [0.05, 0.1) is 12.4 Å². The number of carbonyl (C=O) groups is 1. The first-order valence-electron chi connectivity index (χ1n) is 6.59. The third kappa shape index (κ3) is 3.22. The standard InChI is InChI=1S/C13H14N4O4S/c18-8-6-14-10(11(8)19)12(20)15-13-17-16-9(22-13)4-3-7-2-1-5-21-7/h1-5,8,10-11,14,18-19H,6H2,(H,15,17,20)/b4-3+/t8-,10-,11-/m1/s1. The van der Waals surface area contributed by atoms with E-state index in [0.29, 0.717) is 15.9 Å². The molecule has 3 heterocycles. The lowest BCUT2D eigenvalue weighted by atomic mass is 10.1. The van der Waals surface area contributed by atoms with E-state index in [2.05, 4.69) is 20.8 Å². The zero-order valence-electron chi connectivity index (χ0n) is 11.3. The highest BCUT2D eigenvalue weighted by molar-refractivity contribution is 7.16. The third-order valence-electron chi connectivity index (χ3n) is 3.17. The van der Waals surface area contributed by atoms with Gasteiger partial charge in [0.25, 0.3) is 0 Å². The van der Waals surface area contributed by atoms with Gasteiger partial charge in [0.1, 0.15) is 22.9 Å². The fraction of sp³-hybridized carbons (Fsp3) is 0.308. The SMILES string of the molecule is O=C(Nc1nnc(/C=C/c2ccco2)s1)[C@@H]1NC[C@@H](O)[C@H]1O. The van der Waals surface area contributed by atoms with Crippen LogP contribution in [0.2, 0.25) is 0 Å². The van der Waals surface area contributed by atoms with E-state index in [1.807, 2.05) is 0 Å². The Morgan fingerprint density at radius 1 is 1.45 bits per heavy atom. The summed E-state index contributed by atoms with van der Waals surface area (Å²) < 4.78 is 5.16. The van der Waals surface area contributed by atoms with Crippen LogP contribution in [0.5, 0.6) is 0 Å². The molecule has 2 aromatic heterocycles. The van der Waals surface area contributed by atoms with Gasteiger partial charge in [0.2, 0.25) is 11.0 Å². The molecule has 1 aliphatic rings. The number of hydrogen-bond donors (Lipinski definition) is 4. The van der Waals surface area contributed by atoms with Gasteiger partial charge in [-0.2, -0.15) is 0 Å². The average molecular weight is 322 g/mol. The second-order valence-electron chi connectivity index (χ2n) is 4.73. The number of nitrogens with one attached hydrogen (secondary N) is 2. The zero-order valence-corrected chi connectivity index (χ0v) is 12.2. The molecule has 1 amide bonds. The number of rotatable bonds is 4. The van der Waals surface area contributed by atoms with Gasteiger partial charge in [0.15, 0.2) is 0 Å². The molecule has 4 N–H and O–H groups in total. The summed E-state index contributed by atoms with van der Waals surface area (Å²) in [4.78, 5) is 12.0. The predicted octanol–water partition coefficient (Wildman–Crippen LogP) is -0.0664. The lowest BCUT2D eigenvalue weighted by molar-refractivity contribution is -0.120. The van der Waals surface area contributed by atoms with Gasteiger partial charge in [-0.3, -0.25) is 10.1 Å².